The minimum absolute atomic E-state index is 0.0348. The summed E-state index contributed by atoms with van der Waals surface area (Å²) >= 11 is 7.41. The molecule has 3 atom stereocenters. The molecule has 3 unspecified atom stereocenters. The molecule has 0 spiro atoms. The van der Waals surface area contributed by atoms with Gasteiger partial charge in [-0.25, -0.2) is 0 Å². The Hall–Kier alpha value is -1.24. The van der Waals surface area contributed by atoms with Gasteiger partial charge in [-0.2, -0.15) is 0 Å². The average molecular weight is 394 g/mol. The zero-order chi connectivity index (χ0) is 18.3. The number of thioether (sulfide) groups is 1. The second-order valence-corrected chi connectivity index (χ2v) is 9.40. The van der Waals surface area contributed by atoms with Crippen LogP contribution in [-0.2, 0) is 9.59 Å². The quantitative estimate of drug-likeness (QED) is 0.736. The van der Waals surface area contributed by atoms with E-state index in [4.69, 9.17) is 17.3 Å². The van der Waals surface area contributed by atoms with Crippen molar-refractivity contribution in [2.45, 2.75) is 60.8 Å². The number of carbonyl (C=O) groups excluding carboxylic acids is 2. The molecule has 4 rings (SSSR count). The molecule has 1 aliphatic heterocycles. The molecule has 1 aromatic carbocycles. The largest absolute Gasteiger partial charge is 0.353 e. The number of carbonyl (C=O) groups is 2. The fourth-order valence-electron chi connectivity index (χ4n) is 4.70. The minimum atomic E-state index is -0.408. The van der Waals surface area contributed by atoms with E-state index in [0.29, 0.717) is 16.9 Å². The SMILES string of the molecule is NC1CC2CCCC(C1)C2NC(=O)CC1Sc2ccc(Cl)cc2NC1=O. The van der Waals surface area contributed by atoms with Crippen molar-refractivity contribution in [3.05, 3.63) is 23.2 Å². The zero-order valence-electron chi connectivity index (χ0n) is 14.5. The van der Waals surface area contributed by atoms with Crippen molar-refractivity contribution in [1.29, 1.82) is 0 Å². The number of anilines is 1. The maximum atomic E-state index is 12.6. The van der Waals surface area contributed by atoms with Gasteiger partial charge < -0.3 is 16.4 Å². The molecule has 1 aromatic rings. The summed E-state index contributed by atoms with van der Waals surface area (Å²) in [6, 6.07) is 5.92. The fraction of sp³-hybridized carbons (Fsp3) is 0.579. The Morgan fingerprint density at radius 1 is 1.31 bits per heavy atom. The highest BCUT2D eigenvalue weighted by molar-refractivity contribution is 8.01. The molecule has 5 nitrogen and oxygen atoms in total. The van der Waals surface area contributed by atoms with Gasteiger partial charge in [0.15, 0.2) is 0 Å². The lowest BCUT2D eigenvalue weighted by atomic mass is 9.67. The molecule has 0 saturated heterocycles. The van der Waals surface area contributed by atoms with Gasteiger partial charge in [0, 0.05) is 28.4 Å². The van der Waals surface area contributed by atoms with Crippen LogP contribution in [0.2, 0.25) is 5.02 Å². The summed E-state index contributed by atoms with van der Waals surface area (Å²) in [5.74, 6) is 0.799. The zero-order valence-corrected chi connectivity index (χ0v) is 16.1. The first-order valence-corrected chi connectivity index (χ1v) is 10.6. The molecule has 140 valence electrons. The van der Waals surface area contributed by atoms with Crippen LogP contribution in [0.1, 0.15) is 38.5 Å². The summed E-state index contributed by atoms with van der Waals surface area (Å²) in [4.78, 5) is 26.0. The molecule has 2 aliphatic carbocycles. The molecule has 4 N–H and O–H groups in total. The van der Waals surface area contributed by atoms with Gasteiger partial charge >= 0.3 is 0 Å². The predicted octanol–water partition coefficient (Wildman–Crippen LogP) is 3.17. The fourth-order valence-corrected chi connectivity index (χ4v) is 5.96. The van der Waals surface area contributed by atoms with E-state index >= 15 is 0 Å². The van der Waals surface area contributed by atoms with Crippen LogP contribution in [0, 0.1) is 11.8 Å². The molecular weight excluding hydrogens is 370 g/mol. The number of nitrogens with one attached hydrogen (secondary N) is 2. The van der Waals surface area contributed by atoms with Crippen molar-refractivity contribution in [2.75, 3.05) is 5.32 Å². The van der Waals surface area contributed by atoms with Gasteiger partial charge in [0.2, 0.25) is 11.8 Å². The van der Waals surface area contributed by atoms with Crippen LogP contribution in [0.5, 0.6) is 0 Å². The van der Waals surface area contributed by atoms with Crippen molar-refractivity contribution in [3.63, 3.8) is 0 Å². The number of nitrogens with two attached hydrogens (primary N) is 1. The number of hydrogen-bond donors (Lipinski definition) is 3. The van der Waals surface area contributed by atoms with E-state index in [1.54, 1.807) is 12.1 Å². The van der Waals surface area contributed by atoms with E-state index < -0.39 is 5.25 Å². The number of fused-ring (bicyclic) bond motifs is 3. The average Bonchev–Trinajstić information content (AvgIpc) is 2.56. The highest BCUT2D eigenvalue weighted by Crippen LogP contribution is 2.41. The van der Waals surface area contributed by atoms with E-state index in [0.717, 1.165) is 36.3 Å². The standard InChI is InChI=1S/C19H24ClN3O2S/c20-12-4-5-15-14(8-12)22-19(25)16(26-15)9-17(24)23-18-10-2-1-3-11(18)7-13(21)6-10/h4-5,8,10-11,13,16,18H,1-3,6-7,9,21H2,(H,22,25)(H,23,24). The van der Waals surface area contributed by atoms with Crippen LogP contribution in [0.3, 0.4) is 0 Å². The number of hydrogen-bond acceptors (Lipinski definition) is 4. The molecule has 2 bridgehead atoms. The molecule has 0 radical (unpaired) electrons. The maximum absolute atomic E-state index is 12.6. The van der Waals surface area contributed by atoms with Crippen LogP contribution in [0.15, 0.2) is 23.1 Å². The smallest absolute Gasteiger partial charge is 0.238 e. The number of benzene rings is 1. The van der Waals surface area contributed by atoms with Crippen molar-refractivity contribution >= 4 is 40.9 Å². The topological polar surface area (TPSA) is 84.2 Å². The summed E-state index contributed by atoms with van der Waals surface area (Å²) in [5.41, 5.74) is 6.89. The van der Waals surface area contributed by atoms with Crippen LogP contribution < -0.4 is 16.4 Å². The molecule has 7 heteroatoms. The normalized spacial score (nSPS) is 33.2. The Morgan fingerprint density at radius 3 is 2.77 bits per heavy atom. The third-order valence-electron chi connectivity index (χ3n) is 5.84. The Labute approximate surface area is 162 Å². The summed E-state index contributed by atoms with van der Waals surface area (Å²) < 4.78 is 0. The Morgan fingerprint density at radius 2 is 2.04 bits per heavy atom. The van der Waals surface area contributed by atoms with Gasteiger partial charge in [0.1, 0.15) is 0 Å². The van der Waals surface area contributed by atoms with Crippen molar-refractivity contribution in [2.24, 2.45) is 17.6 Å². The van der Waals surface area contributed by atoms with Crippen molar-refractivity contribution in [1.82, 2.24) is 5.32 Å². The van der Waals surface area contributed by atoms with E-state index in [-0.39, 0.29) is 30.3 Å². The van der Waals surface area contributed by atoms with E-state index in [2.05, 4.69) is 10.6 Å². The van der Waals surface area contributed by atoms with Crippen molar-refractivity contribution < 1.29 is 9.59 Å². The van der Waals surface area contributed by atoms with Crippen LogP contribution >= 0.6 is 23.4 Å². The Kier molecular flexibility index (Phi) is 5.17. The predicted molar refractivity (Wildman–Crippen MR) is 104 cm³/mol. The van der Waals surface area contributed by atoms with Gasteiger partial charge in [0.25, 0.3) is 0 Å². The number of halogens is 1. The molecule has 1 heterocycles. The lowest BCUT2D eigenvalue weighted by molar-refractivity contribution is -0.125. The van der Waals surface area contributed by atoms with Gasteiger partial charge in [0.05, 0.1) is 10.9 Å². The van der Waals surface area contributed by atoms with Crippen LogP contribution in [0.25, 0.3) is 0 Å². The van der Waals surface area contributed by atoms with Gasteiger partial charge in [-0.1, -0.05) is 18.0 Å². The molecule has 26 heavy (non-hydrogen) atoms. The number of amides is 2. The number of rotatable bonds is 3. The highest BCUT2D eigenvalue weighted by Gasteiger charge is 2.40. The second kappa shape index (κ2) is 7.41. The first-order valence-electron chi connectivity index (χ1n) is 9.31. The van der Waals surface area contributed by atoms with Gasteiger partial charge in [-0.15, -0.1) is 11.8 Å². The van der Waals surface area contributed by atoms with Crippen molar-refractivity contribution in [3.8, 4) is 0 Å². The molecule has 3 aliphatic rings. The Balaban J connectivity index is 1.39. The van der Waals surface area contributed by atoms with Crippen LogP contribution in [0.4, 0.5) is 5.69 Å². The molecule has 0 aromatic heterocycles. The van der Waals surface area contributed by atoms with E-state index in [9.17, 15) is 9.59 Å². The molecular formula is C19H24ClN3O2S. The molecule has 2 amide bonds. The monoisotopic (exact) mass is 393 g/mol. The summed E-state index contributed by atoms with van der Waals surface area (Å²) in [7, 11) is 0. The summed E-state index contributed by atoms with van der Waals surface area (Å²) in [5, 5.41) is 6.28. The lowest BCUT2D eigenvalue weighted by Gasteiger charge is -2.45. The van der Waals surface area contributed by atoms with E-state index in [1.165, 1.54) is 18.2 Å². The molecule has 2 fully saturated rings. The highest BCUT2D eigenvalue weighted by atomic mass is 35.5. The van der Waals surface area contributed by atoms with Gasteiger partial charge in [-0.05, 0) is 55.7 Å². The molecule has 2 saturated carbocycles. The maximum Gasteiger partial charge on any atom is 0.238 e. The second-order valence-electron chi connectivity index (χ2n) is 7.72. The van der Waals surface area contributed by atoms with Gasteiger partial charge in [-0.3, -0.25) is 9.59 Å². The first-order chi connectivity index (χ1) is 12.5. The summed E-state index contributed by atoms with van der Waals surface area (Å²) in [6.07, 6.45) is 5.70. The van der Waals surface area contributed by atoms with E-state index in [1.807, 2.05) is 6.07 Å². The Bertz CT molecular complexity index is 715. The third kappa shape index (κ3) is 3.73. The first kappa shape index (κ1) is 18.1. The lowest BCUT2D eigenvalue weighted by Crippen LogP contribution is -2.54. The summed E-state index contributed by atoms with van der Waals surface area (Å²) in [6.45, 7) is 0. The van der Waals surface area contributed by atoms with Crippen LogP contribution in [-0.4, -0.2) is 29.1 Å². The minimum Gasteiger partial charge on any atom is -0.353 e. The third-order valence-corrected chi connectivity index (χ3v) is 7.35.